The van der Waals surface area contributed by atoms with E-state index in [4.69, 9.17) is 4.74 Å². The largest absolute Gasteiger partial charge is 0.496 e. The number of ether oxygens (including phenoxy) is 1. The summed E-state index contributed by atoms with van der Waals surface area (Å²) < 4.78 is 42.4. The molecule has 0 saturated heterocycles. The van der Waals surface area contributed by atoms with Crippen LogP contribution in [0.4, 0.5) is 13.2 Å². The lowest BCUT2D eigenvalue weighted by atomic mass is 9.96. The van der Waals surface area contributed by atoms with Gasteiger partial charge in [0.15, 0.2) is 0 Å². The SMILES string of the molecule is COc1cccc2nc(C)c(C#N)c(CCCC(F)(F)F)c12. The fraction of sp³-hybridized carbons (Fsp3) is 0.375. The number of nitriles is 1. The second kappa shape index (κ2) is 6.22. The Bertz CT molecular complexity index is 733. The first-order valence-electron chi connectivity index (χ1n) is 6.80. The van der Waals surface area contributed by atoms with Gasteiger partial charge in [0.05, 0.1) is 23.9 Å². The van der Waals surface area contributed by atoms with Crippen molar-refractivity contribution in [3.63, 3.8) is 0 Å². The highest BCUT2D eigenvalue weighted by Crippen LogP contribution is 2.33. The van der Waals surface area contributed by atoms with E-state index in [-0.39, 0.29) is 12.8 Å². The molecule has 22 heavy (non-hydrogen) atoms. The number of fused-ring (bicyclic) bond motifs is 1. The predicted molar refractivity (Wildman–Crippen MR) is 76.7 cm³/mol. The average molecular weight is 308 g/mol. The van der Waals surface area contributed by atoms with Crippen molar-refractivity contribution in [1.29, 1.82) is 5.26 Å². The van der Waals surface area contributed by atoms with Gasteiger partial charge in [0.1, 0.15) is 11.8 Å². The maximum absolute atomic E-state index is 12.4. The van der Waals surface area contributed by atoms with Gasteiger partial charge in [-0.25, -0.2) is 0 Å². The molecule has 6 heteroatoms. The van der Waals surface area contributed by atoms with Crippen molar-refractivity contribution < 1.29 is 17.9 Å². The zero-order chi connectivity index (χ0) is 16.3. The van der Waals surface area contributed by atoms with Gasteiger partial charge >= 0.3 is 6.18 Å². The van der Waals surface area contributed by atoms with Gasteiger partial charge in [-0.2, -0.15) is 18.4 Å². The average Bonchev–Trinajstić information content (AvgIpc) is 2.44. The summed E-state index contributed by atoms with van der Waals surface area (Å²) in [6, 6.07) is 7.30. The summed E-state index contributed by atoms with van der Waals surface area (Å²) in [5, 5.41) is 9.95. The Morgan fingerprint density at radius 1 is 1.32 bits per heavy atom. The van der Waals surface area contributed by atoms with Gasteiger partial charge in [0.2, 0.25) is 0 Å². The van der Waals surface area contributed by atoms with Gasteiger partial charge in [-0.1, -0.05) is 6.07 Å². The van der Waals surface area contributed by atoms with Crippen LogP contribution in [0.25, 0.3) is 10.9 Å². The van der Waals surface area contributed by atoms with E-state index < -0.39 is 12.6 Å². The van der Waals surface area contributed by atoms with E-state index in [0.717, 1.165) is 0 Å². The first-order valence-corrected chi connectivity index (χ1v) is 6.80. The second-order valence-electron chi connectivity index (χ2n) is 4.99. The molecule has 1 aromatic heterocycles. The van der Waals surface area contributed by atoms with Crippen LogP contribution in [0.2, 0.25) is 0 Å². The number of alkyl halides is 3. The first kappa shape index (κ1) is 16.1. The third-order valence-electron chi connectivity index (χ3n) is 3.48. The number of aryl methyl sites for hydroxylation is 2. The first-order chi connectivity index (χ1) is 10.4. The molecule has 1 aromatic carbocycles. The third kappa shape index (κ3) is 3.30. The molecule has 116 valence electrons. The van der Waals surface area contributed by atoms with E-state index >= 15 is 0 Å². The molecule has 0 aliphatic heterocycles. The molecule has 0 aliphatic rings. The molecule has 0 aliphatic carbocycles. The lowest BCUT2D eigenvalue weighted by Gasteiger charge is -2.14. The fourth-order valence-electron chi connectivity index (χ4n) is 2.53. The van der Waals surface area contributed by atoms with Crippen molar-refractivity contribution in [2.75, 3.05) is 7.11 Å². The van der Waals surface area contributed by atoms with Crippen molar-refractivity contribution in [2.24, 2.45) is 0 Å². The molecule has 0 amide bonds. The van der Waals surface area contributed by atoms with Gasteiger partial charge in [-0.3, -0.25) is 4.98 Å². The minimum atomic E-state index is -4.20. The summed E-state index contributed by atoms with van der Waals surface area (Å²) in [6.45, 7) is 1.69. The van der Waals surface area contributed by atoms with Gasteiger partial charge in [0.25, 0.3) is 0 Å². The smallest absolute Gasteiger partial charge is 0.389 e. The molecular formula is C16H15F3N2O. The van der Waals surface area contributed by atoms with Crippen LogP contribution in [0.1, 0.15) is 29.7 Å². The van der Waals surface area contributed by atoms with E-state index in [0.29, 0.717) is 33.5 Å². The molecule has 1 heterocycles. The Kier molecular flexibility index (Phi) is 4.55. The molecule has 3 nitrogen and oxygen atoms in total. The van der Waals surface area contributed by atoms with E-state index in [1.807, 2.05) is 0 Å². The number of aromatic nitrogens is 1. The molecule has 0 unspecified atom stereocenters. The normalized spacial score (nSPS) is 11.5. The Morgan fingerprint density at radius 2 is 2.05 bits per heavy atom. The van der Waals surface area contributed by atoms with Gasteiger partial charge in [0, 0.05) is 11.8 Å². The van der Waals surface area contributed by atoms with Crippen LogP contribution in [0.15, 0.2) is 18.2 Å². The number of hydrogen-bond donors (Lipinski definition) is 0. The van der Waals surface area contributed by atoms with E-state index in [1.165, 1.54) is 7.11 Å². The zero-order valence-corrected chi connectivity index (χ0v) is 12.3. The highest BCUT2D eigenvalue weighted by Gasteiger charge is 2.27. The molecule has 0 fully saturated rings. The lowest BCUT2D eigenvalue weighted by Crippen LogP contribution is -2.08. The predicted octanol–water partition coefficient (Wildman–Crippen LogP) is 4.31. The van der Waals surface area contributed by atoms with Crippen LogP contribution >= 0.6 is 0 Å². The van der Waals surface area contributed by atoms with Crippen LogP contribution in [0, 0.1) is 18.3 Å². The standard InChI is InChI=1S/C16H15F3N2O/c1-10-12(9-20)11(5-4-8-16(17,18)19)15-13(21-10)6-3-7-14(15)22-2/h3,6-7H,4-5,8H2,1-2H3. The van der Waals surface area contributed by atoms with Crippen molar-refractivity contribution in [1.82, 2.24) is 4.98 Å². The molecule has 0 spiro atoms. The van der Waals surface area contributed by atoms with Crippen molar-refractivity contribution in [2.45, 2.75) is 32.4 Å². The summed E-state index contributed by atoms with van der Waals surface area (Å²) in [4.78, 5) is 4.35. The maximum atomic E-state index is 12.4. The summed E-state index contributed by atoms with van der Waals surface area (Å²) in [5.41, 5.74) is 2.05. The highest BCUT2D eigenvalue weighted by atomic mass is 19.4. The number of halogens is 3. The van der Waals surface area contributed by atoms with Crippen LogP contribution in [-0.2, 0) is 6.42 Å². The van der Waals surface area contributed by atoms with Crippen LogP contribution in [0.3, 0.4) is 0 Å². The van der Waals surface area contributed by atoms with E-state index in [9.17, 15) is 18.4 Å². The number of hydrogen-bond acceptors (Lipinski definition) is 3. The summed E-state index contributed by atoms with van der Waals surface area (Å²) in [5.74, 6) is 0.517. The maximum Gasteiger partial charge on any atom is 0.389 e. The van der Waals surface area contributed by atoms with Crippen molar-refractivity contribution in [3.05, 3.63) is 35.0 Å². The molecule has 0 atom stereocenters. The molecule has 2 aromatic rings. The van der Waals surface area contributed by atoms with Gasteiger partial charge in [-0.15, -0.1) is 0 Å². The Labute approximate surface area is 126 Å². The van der Waals surface area contributed by atoms with Crippen molar-refractivity contribution >= 4 is 10.9 Å². The fourth-order valence-corrected chi connectivity index (χ4v) is 2.53. The molecular weight excluding hydrogens is 293 g/mol. The lowest BCUT2D eigenvalue weighted by molar-refractivity contribution is -0.135. The van der Waals surface area contributed by atoms with Gasteiger partial charge < -0.3 is 4.74 Å². The topological polar surface area (TPSA) is 45.9 Å². The number of nitrogens with zero attached hydrogens (tertiary/aromatic N) is 2. The minimum absolute atomic E-state index is 0.0746. The van der Waals surface area contributed by atoms with Crippen molar-refractivity contribution in [3.8, 4) is 11.8 Å². The number of rotatable bonds is 4. The zero-order valence-electron chi connectivity index (χ0n) is 12.3. The number of benzene rings is 1. The minimum Gasteiger partial charge on any atom is -0.496 e. The monoisotopic (exact) mass is 308 g/mol. The molecule has 0 bridgehead atoms. The molecule has 0 N–H and O–H groups in total. The summed E-state index contributed by atoms with van der Waals surface area (Å²) in [7, 11) is 1.49. The summed E-state index contributed by atoms with van der Waals surface area (Å²) >= 11 is 0. The Morgan fingerprint density at radius 3 is 2.64 bits per heavy atom. The quantitative estimate of drug-likeness (QED) is 0.845. The molecule has 0 saturated carbocycles. The summed E-state index contributed by atoms with van der Waals surface area (Å²) in [6.07, 6.45) is -5.00. The Hall–Kier alpha value is -2.29. The molecule has 0 radical (unpaired) electrons. The van der Waals surface area contributed by atoms with Crippen LogP contribution in [0.5, 0.6) is 5.75 Å². The number of pyridine rings is 1. The second-order valence-corrected chi connectivity index (χ2v) is 4.99. The molecule has 2 rings (SSSR count). The third-order valence-corrected chi connectivity index (χ3v) is 3.48. The Balaban J connectivity index is 2.55. The van der Waals surface area contributed by atoms with Gasteiger partial charge in [-0.05, 0) is 37.5 Å². The highest BCUT2D eigenvalue weighted by molar-refractivity contribution is 5.90. The van der Waals surface area contributed by atoms with Crippen LogP contribution in [-0.4, -0.2) is 18.3 Å². The van der Waals surface area contributed by atoms with Crippen LogP contribution < -0.4 is 4.74 Å². The number of methoxy groups -OCH3 is 1. The van der Waals surface area contributed by atoms with E-state index in [1.54, 1.807) is 25.1 Å². The van der Waals surface area contributed by atoms with E-state index in [2.05, 4.69) is 11.1 Å².